The first-order valence-electron chi connectivity index (χ1n) is 9.70. The Morgan fingerprint density at radius 3 is 1.14 bits per heavy atom. The van der Waals surface area contributed by atoms with Crippen molar-refractivity contribution in [2.24, 2.45) is 0 Å². The first-order valence-corrected chi connectivity index (χ1v) is 11.3. The third-order valence-electron chi connectivity index (χ3n) is 6.30. The summed E-state index contributed by atoms with van der Waals surface area (Å²) in [5.41, 5.74) is 5.50. The van der Waals surface area contributed by atoms with Crippen LogP contribution in [0.3, 0.4) is 0 Å². The molecular weight excluding hydrogens is 376 g/mol. The van der Waals surface area contributed by atoms with Gasteiger partial charge in [-0.05, 0) is 74.2 Å². The quantitative estimate of drug-likeness (QED) is 0.240. The summed E-state index contributed by atoms with van der Waals surface area (Å²) in [6, 6.07) is 18.8. The molecule has 0 radical (unpaired) electrons. The molecule has 2 heterocycles. The van der Waals surface area contributed by atoms with Gasteiger partial charge >= 0.3 is 0 Å². The van der Waals surface area contributed by atoms with E-state index in [2.05, 4.69) is 76.2 Å². The summed E-state index contributed by atoms with van der Waals surface area (Å²) in [4.78, 5) is 0. The average molecular weight is 397 g/mol. The molecule has 136 valence electrons. The van der Waals surface area contributed by atoms with Crippen molar-refractivity contribution >= 4 is 73.8 Å². The lowest BCUT2D eigenvalue weighted by molar-refractivity contribution is 1.37. The zero-order chi connectivity index (χ0) is 19.2. The van der Waals surface area contributed by atoms with Gasteiger partial charge in [0.05, 0.1) is 0 Å². The molecule has 0 spiro atoms. The van der Waals surface area contributed by atoms with Crippen molar-refractivity contribution in [3.05, 3.63) is 70.8 Å². The normalized spacial score (nSPS) is 12.3. The molecule has 0 saturated heterocycles. The summed E-state index contributed by atoms with van der Waals surface area (Å²) < 4.78 is 5.63. The molecule has 4 aromatic carbocycles. The molecule has 28 heavy (non-hydrogen) atoms. The number of fused-ring (bicyclic) bond motifs is 9. The fourth-order valence-corrected chi connectivity index (χ4v) is 7.00. The van der Waals surface area contributed by atoms with E-state index in [0.717, 1.165) is 0 Å². The van der Waals surface area contributed by atoms with Crippen molar-refractivity contribution in [1.82, 2.24) is 0 Å². The second-order valence-electron chi connectivity index (χ2n) is 8.05. The molecule has 0 aliphatic heterocycles. The monoisotopic (exact) mass is 396 g/mol. The molecule has 0 amide bonds. The van der Waals surface area contributed by atoms with Crippen LogP contribution in [0.2, 0.25) is 0 Å². The molecule has 2 heteroatoms. The fourth-order valence-electron chi connectivity index (χ4n) is 4.38. The first-order chi connectivity index (χ1) is 13.5. The second-order valence-corrected chi connectivity index (χ2v) is 10.2. The Kier molecular flexibility index (Phi) is 3.28. The van der Waals surface area contributed by atoms with Crippen LogP contribution < -0.4 is 0 Å². The Morgan fingerprint density at radius 2 is 0.750 bits per heavy atom. The smallest absolute Gasteiger partial charge is 0.0434 e. The van der Waals surface area contributed by atoms with Gasteiger partial charge in [0.1, 0.15) is 0 Å². The largest absolute Gasteiger partial charge is 0.135 e. The zero-order valence-corrected chi connectivity index (χ0v) is 18.1. The third-order valence-corrected chi connectivity index (χ3v) is 8.70. The van der Waals surface area contributed by atoms with Crippen molar-refractivity contribution in [2.45, 2.75) is 27.7 Å². The van der Waals surface area contributed by atoms with E-state index in [4.69, 9.17) is 0 Å². The maximum Gasteiger partial charge on any atom is 0.0434 e. The number of thiophene rings is 2. The molecule has 2 aromatic heterocycles. The lowest BCUT2D eigenvalue weighted by Crippen LogP contribution is -1.79. The van der Waals surface area contributed by atoms with Gasteiger partial charge in [0.2, 0.25) is 0 Å². The van der Waals surface area contributed by atoms with Crippen LogP contribution in [0.25, 0.3) is 51.1 Å². The number of benzene rings is 4. The van der Waals surface area contributed by atoms with Gasteiger partial charge in [-0.1, -0.05) is 24.3 Å². The molecule has 0 aliphatic rings. The van der Waals surface area contributed by atoms with Gasteiger partial charge in [-0.25, -0.2) is 0 Å². The highest BCUT2D eigenvalue weighted by Gasteiger charge is 2.14. The fraction of sp³-hybridized carbons (Fsp3) is 0.154. The Morgan fingerprint density at radius 1 is 0.429 bits per heavy atom. The Bertz CT molecular complexity index is 1470. The van der Waals surface area contributed by atoms with Crippen molar-refractivity contribution in [1.29, 1.82) is 0 Å². The van der Waals surface area contributed by atoms with Crippen molar-refractivity contribution in [3.8, 4) is 0 Å². The summed E-state index contributed by atoms with van der Waals surface area (Å²) in [6.45, 7) is 8.85. The highest BCUT2D eigenvalue weighted by Crippen LogP contribution is 2.44. The average Bonchev–Trinajstić information content (AvgIpc) is 3.20. The predicted octanol–water partition coefficient (Wildman–Crippen LogP) is 8.81. The van der Waals surface area contributed by atoms with Crippen LogP contribution in [0.1, 0.15) is 22.3 Å². The Labute approximate surface area is 172 Å². The SMILES string of the molecule is Cc1cc2sc3c(ccc4c3ccc3c5cc(C)c(C)cc5sc34)c2cc1C. The van der Waals surface area contributed by atoms with E-state index in [1.54, 1.807) is 0 Å². The lowest BCUT2D eigenvalue weighted by Gasteiger charge is -2.03. The molecule has 0 bridgehead atoms. The topological polar surface area (TPSA) is 0 Å². The number of hydrogen-bond donors (Lipinski definition) is 0. The minimum Gasteiger partial charge on any atom is -0.135 e. The summed E-state index contributed by atoms with van der Waals surface area (Å²) >= 11 is 3.88. The second kappa shape index (κ2) is 5.56. The Hall–Kier alpha value is -2.42. The summed E-state index contributed by atoms with van der Waals surface area (Å²) in [5.74, 6) is 0. The van der Waals surface area contributed by atoms with E-state index >= 15 is 0 Å². The predicted molar refractivity (Wildman–Crippen MR) is 129 cm³/mol. The van der Waals surface area contributed by atoms with E-state index in [9.17, 15) is 0 Å². The third kappa shape index (κ3) is 2.10. The van der Waals surface area contributed by atoms with Crippen LogP contribution in [-0.4, -0.2) is 0 Å². The maximum absolute atomic E-state index is 2.36. The molecule has 0 nitrogen and oxygen atoms in total. The van der Waals surface area contributed by atoms with Crippen molar-refractivity contribution < 1.29 is 0 Å². The Balaban J connectivity index is 1.78. The van der Waals surface area contributed by atoms with Gasteiger partial charge in [0.25, 0.3) is 0 Å². The summed E-state index contributed by atoms with van der Waals surface area (Å²) in [6.07, 6.45) is 0. The molecule has 0 atom stereocenters. The van der Waals surface area contributed by atoms with E-state index in [1.165, 1.54) is 73.4 Å². The summed E-state index contributed by atoms with van der Waals surface area (Å²) in [5, 5.41) is 8.36. The van der Waals surface area contributed by atoms with Crippen LogP contribution in [0.15, 0.2) is 48.5 Å². The number of rotatable bonds is 0. The highest BCUT2D eigenvalue weighted by molar-refractivity contribution is 7.28. The van der Waals surface area contributed by atoms with Gasteiger partial charge in [-0.15, -0.1) is 22.7 Å². The number of hydrogen-bond acceptors (Lipinski definition) is 2. The van der Waals surface area contributed by atoms with Crippen LogP contribution in [0.5, 0.6) is 0 Å². The summed E-state index contributed by atoms with van der Waals surface area (Å²) in [7, 11) is 0. The van der Waals surface area contributed by atoms with E-state index in [0.29, 0.717) is 0 Å². The van der Waals surface area contributed by atoms with Gasteiger partial charge in [0, 0.05) is 51.1 Å². The van der Waals surface area contributed by atoms with E-state index in [1.807, 2.05) is 22.7 Å². The van der Waals surface area contributed by atoms with Crippen molar-refractivity contribution in [3.63, 3.8) is 0 Å². The minimum absolute atomic E-state index is 1.37. The molecule has 0 fully saturated rings. The van der Waals surface area contributed by atoms with Crippen LogP contribution >= 0.6 is 22.7 Å². The molecule has 0 aliphatic carbocycles. The maximum atomic E-state index is 2.36. The van der Waals surface area contributed by atoms with E-state index < -0.39 is 0 Å². The molecular formula is C26H20S2. The van der Waals surface area contributed by atoms with Gasteiger partial charge < -0.3 is 0 Å². The first kappa shape index (κ1) is 16.5. The highest BCUT2D eigenvalue weighted by atomic mass is 32.1. The minimum atomic E-state index is 1.37. The number of aryl methyl sites for hydroxylation is 4. The van der Waals surface area contributed by atoms with Gasteiger partial charge in [-0.3, -0.25) is 0 Å². The molecule has 6 aromatic rings. The standard InChI is InChI=1S/C26H20S2/c1-13-9-21-19-7-5-18-17(25(19)27-23(21)11-15(13)3)6-8-20-22-10-14(2)16(4)12-24(22)28-26(18)20/h5-12H,1-4H3. The van der Waals surface area contributed by atoms with Crippen molar-refractivity contribution in [2.75, 3.05) is 0 Å². The molecule has 0 N–H and O–H groups in total. The van der Waals surface area contributed by atoms with Gasteiger partial charge in [0.15, 0.2) is 0 Å². The lowest BCUT2D eigenvalue weighted by atomic mass is 10.0. The van der Waals surface area contributed by atoms with Crippen LogP contribution in [0.4, 0.5) is 0 Å². The van der Waals surface area contributed by atoms with Gasteiger partial charge in [-0.2, -0.15) is 0 Å². The zero-order valence-electron chi connectivity index (χ0n) is 16.4. The molecule has 6 rings (SSSR count). The van der Waals surface area contributed by atoms with E-state index in [-0.39, 0.29) is 0 Å². The van der Waals surface area contributed by atoms with Crippen LogP contribution in [0, 0.1) is 27.7 Å². The molecule has 0 unspecified atom stereocenters. The van der Waals surface area contributed by atoms with Crippen LogP contribution in [-0.2, 0) is 0 Å². The molecule has 0 saturated carbocycles.